The van der Waals surface area contributed by atoms with Gasteiger partial charge in [-0.25, -0.2) is 4.85 Å². The highest BCUT2D eigenvalue weighted by molar-refractivity contribution is 7.24. The number of nitrogens with zero attached hydrogens (tertiary/aromatic N) is 2. The highest BCUT2D eigenvalue weighted by Gasteiger charge is 2.12. The van der Waals surface area contributed by atoms with Crippen LogP contribution in [-0.4, -0.2) is 17.6 Å². The van der Waals surface area contributed by atoms with Gasteiger partial charge in [0.25, 0.3) is 5.70 Å². The first-order valence-corrected chi connectivity index (χ1v) is 12.1. The SMILES string of the molecule is [C-]#[N+]/C(=C\c1ccc(-c2ccc(-c3ccc(N(CC)c4ccc(C)cc4)cc3)s2)s1)C(=O)O. The van der Waals surface area contributed by atoms with E-state index in [0.717, 1.165) is 32.4 Å². The number of aryl methyl sites for hydroxylation is 1. The maximum Gasteiger partial charge on any atom is 0.333 e. The summed E-state index contributed by atoms with van der Waals surface area (Å²) in [5, 5.41) is 9.05. The molecule has 0 radical (unpaired) electrons. The summed E-state index contributed by atoms with van der Waals surface area (Å²) in [7, 11) is 0. The van der Waals surface area contributed by atoms with E-state index in [1.165, 1.54) is 33.5 Å². The Morgan fingerprint density at radius 3 is 2.09 bits per heavy atom. The molecule has 0 unspecified atom stereocenters. The third-order valence-electron chi connectivity index (χ3n) is 5.22. The Morgan fingerprint density at radius 1 is 0.909 bits per heavy atom. The predicted octanol–water partition coefficient (Wildman–Crippen LogP) is 7.95. The summed E-state index contributed by atoms with van der Waals surface area (Å²) in [5.74, 6) is -1.20. The maximum absolute atomic E-state index is 11.1. The molecule has 0 saturated heterocycles. The number of carbonyl (C=O) groups is 1. The van der Waals surface area contributed by atoms with E-state index < -0.39 is 5.97 Å². The van der Waals surface area contributed by atoms with Crippen LogP contribution in [0.5, 0.6) is 0 Å². The highest BCUT2D eigenvalue weighted by Crippen LogP contribution is 2.39. The lowest BCUT2D eigenvalue weighted by Gasteiger charge is -2.23. The molecule has 0 aliphatic carbocycles. The number of benzene rings is 2. The third kappa shape index (κ3) is 5.06. The minimum absolute atomic E-state index is 0.276. The van der Waals surface area contributed by atoms with Crippen LogP contribution in [0.2, 0.25) is 0 Å². The maximum atomic E-state index is 11.1. The summed E-state index contributed by atoms with van der Waals surface area (Å²) in [5.41, 5.74) is 4.47. The van der Waals surface area contributed by atoms with E-state index >= 15 is 0 Å². The predicted molar refractivity (Wildman–Crippen MR) is 139 cm³/mol. The van der Waals surface area contributed by atoms with Gasteiger partial charge < -0.3 is 10.0 Å². The van der Waals surface area contributed by atoms with Crippen molar-refractivity contribution in [1.29, 1.82) is 0 Å². The van der Waals surface area contributed by atoms with Gasteiger partial charge in [0.05, 0.1) is 6.57 Å². The molecule has 1 N–H and O–H groups in total. The Labute approximate surface area is 201 Å². The molecule has 33 heavy (non-hydrogen) atoms. The number of anilines is 2. The van der Waals surface area contributed by atoms with Gasteiger partial charge in [0, 0.05) is 37.4 Å². The largest absolute Gasteiger partial charge is 0.486 e. The summed E-state index contributed by atoms with van der Waals surface area (Å²) >= 11 is 3.18. The van der Waals surface area contributed by atoms with Crippen molar-refractivity contribution in [3.05, 3.63) is 100 Å². The second kappa shape index (κ2) is 9.86. The first-order chi connectivity index (χ1) is 16.0. The fourth-order valence-electron chi connectivity index (χ4n) is 3.51. The average Bonchev–Trinajstić information content (AvgIpc) is 3.49. The zero-order chi connectivity index (χ0) is 23.4. The van der Waals surface area contributed by atoms with Crippen molar-refractivity contribution < 1.29 is 9.90 Å². The van der Waals surface area contributed by atoms with Crippen LogP contribution in [0.1, 0.15) is 17.4 Å². The standard InChI is InChI=1S/C27H22N2O2S2/c1-4-29(20-9-5-18(2)6-10-20)21-11-7-19(8-12-21)24-15-16-26(33-24)25-14-13-22(32-25)17-23(28-3)27(30)31/h5-17H,4H2,1-2H3,(H,30,31)/b23-17-. The molecule has 0 saturated carbocycles. The second-order valence-electron chi connectivity index (χ2n) is 7.44. The normalized spacial score (nSPS) is 11.2. The first kappa shape index (κ1) is 22.5. The molecule has 0 spiro atoms. The van der Waals surface area contributed by atoms with Crippen molar-refractivity contribution in [2.75, 3.05) is 11.4 Å². The van der Waals surface area contributed by atoms with E-state index in [0.29, 0.717) is 0 Å². The first-order valence-electron chi connectivity index (χ1n) is 10.5. The topological polar surface area (TPSA) is 44.9 Å². The van der Waals surface area contributed by atoms with Crippen molar-refractivity contribution >= 4 is 46.1 Å². The molecule has 2 aromatic heterocycles. The summed E-state index contributed by atoms with van der Waals surface area (Å²) in [6, 6.07) is 25.2. The average molecular weight is 471 g/mol. The van der Waals surface area contributed by atoms with E-state index in [1.807, 2.05) is 12.1 Å². The van der Waals surface area contributed by atoms with Crippen molar-refractivity contribution in [3.8, 4) is 20.2 Å². The van der Waals surface area contributed by atoms with Gasteiger partial charge in [-0.3, -0.25) is 4.79 Å². The number of hydrogen-bond donors (Lipinski definition) is 1. The molecular formula is C27H22N2O2S2. The number of rotatable bonds is 7. The van der Waals surface area contributed by atoms with Crippen molar-refractivity contribution in [1.82, 2.24) is 0 Å². The van der Waals surface area contributed by atoms with Crippen LogP contribution < -0.4 is 4.90 Å². The lowest BCUT2D eigenvalue weighted by molar-refractivity contribution is -0.132. The molecule has 164 valence electrons. The molecule has 0 atom stereocenters. The summed E-state index contributed by atoms with van der Waals surface area (Å²) in [4.78, 5) is 20.5. The number of thiophene rings is 2. The molecule has 6 heteroatoms. The van der Waals surface area contributed by atoms with Crippen molar-refractivity contribution in [2.45, 2.75) is 13.8 Å². The fraction of sp³-hybridized carbons (Fsp3) is 0.111. The monoisotopic (exact) mass is 470 g/mol. The molecule has 2 aromatic carbocycles. The zero-order valence-corrected chi connectivity index (χ0v) is 19.9. The van der Waals surface area contributed by atoms with Crippen molar-refractivity contribution in [2.24, 2.45) is 0 Å². The van der Waals surface area contributed by atoms with Gasteiger partial charge in [-0.2, -0.15) is 0 Å². The molecule has 0 aliphatic rings. The van der Waals surface area contributed by atoms with E-state index in [4.69, 9.17) is 11.7 Å². The highest BCUT2D eigenvalue weighted by atomic mass is 32.1. The van der Waals surface area contributed by atoms with E-state index in [9.17, 15) is 4.79 Å². The third-order valence-corrected chi connectivity index (χ3v) is 7.58. The molecule has 0 aliphatic heterocycles. The molecule has 2 heterocycles. The van der Waals surface area contributed by atoms with Crippen LogP contribution in [0, 0.1) is 13.5 Å². The molecule has 4 rings (SSSR count). The Hall–Kier alpha value is -3.66. The number of carboxylic acid groups (broad SMARTS) is 1. The van der Waals surface area contributed by atoms with E-state index in [1.54, 1.807) is 11.3 Å². The summed E-state index contributed by atoms with van der Waals surface area (Å²) in [6.45, 7) is 12.1. The van der Waals surface area contributed by atoms with Crippen LogP contribution in [0.4, 0.5) is 11.4 Å². The van der Waals surface area contributed by atoms with Gasteiger partial charge in [-0.15, -0.1) is 22.7 Å². The zero-order valence-electron chi connectivity index (χ0n) is 18.3. The van der Waals surface area contributed by atoms with E-state index in [2.05, 4.69) is 84.3 Å². The van der Waals surface area contributed by atoms with Gasteiger partial charge in [-0.1, -0.05) is 29.8 Å². The second-order valence-corrected chi connectivity index (χ2v) is 9.64. The smallest absolute Gasteiger partial charge is 0.333 e. The molecule has 4 nitrogen and oxygen atoms in total. The van der Waals surface area contributed by atoms with Gasteiger partial charge >= 0.3 is 5.97 Å². The van der Waals surface area contributed by atoms with Crippen LogP contribution in [0.15, 0.2) is 78.5 Å². The number of carboxylic acids is 1. The molecule has 0 fully saturated rings. The Kier molecular flexibility index (Phi) is 6.74. The molecule has 0 amide bonds. The Morgan fingerprint density at radius 2 is 1.48 bits per heavy atom. The quantitative estimate of drug-likeness (QED) is 0.220. The number of aliphatic carboxylic acids is 1. The van der Waals surface area contributed by atoms with Crippen LogP contribution in [0.25, 0.3) is 31.1 Å². The molecule has 0 bridgehead atoms. The lowest BCUT2D eigenvalue weighted by atomic mass is 10.1. The molecule has 4 aromatic rings. The van der Waals surface area contributed by atoms with Crippen LogP contribution in [-0.2, 0) is 4.79 Å². The van der Waals surface area contributed by atoms with Gasteiger partial charge in [-0.05, 0) is 74.0 Å². The Balaban J connectivity index is 1.54. The van der Waals surface area contributed by atoms with Crippen molar-refractivity contribution in [3.63, 3.8) is 0 Å². The Bertz CT molecular complexity index is 1340. The lowest BCUT2D eigenvalue weighted by Crippen LogP contribution is -2.15. The summed E-state index contributed by atoms with van der Waals surface area (Å²) in [6.07, 6.45) is 1.42. The minimum atomic E-state index is -1.20. The van der Waals surface area contributed by atoms with Crippen LogP contribution in [0.3, 0.4) is 0 Å². The van der Waals surface area contributed by atoms with Gasteiger partial charge in [0.15, 0.2) is 0 Å². The minimum Gasteiger partial charge on any atom is -0.486 e. The number of hydrogen-bond acceptors (Lipinski definition) is 4. The van der Waals surface area contributed by atoms with Gasteiger partial charge in [0.2, 0.25) is 0 Å². The fourth-order valence-corrected chi connectivity index (χ4v) is 5.56. The summed E-state index contributed by atoms with van der Waals surface area (Å²) < 4.78 is 0. The van der Waals surface area contributed by atoms with Crippen LogP contribution >= 0.6 is 22.7 Å². The van der Waals surface area contributed by atoms with E-state index in [-0.39, 0.29) is 5.70 Å². The molecular weight excluding hydrogens is 448 g/mol. The van der Waals surface area contributed by atoms with Gasteiger partial charge in [0.1, 0.15) is 0 Å².